The van der Waals surface area contributed by atoms with E-state index in [1.807, 2.05) is 20.8 Å². The van der Waals surface area contributed by atoms with Gasteiger partial charge >= 0.3 is 0 Å². The molecule has 102 valence electrons. The predicted molar refractivity (Wildman–Crippen MR) is 69.5 cm³/mol. The largest absolute Gasteiger partial charge is 0.395 e. The Kier molecular flexibility index (Phi) is 5.34. The fourth-order valence-electron chi connectivity index (χ4n) is 1.55. The molecule has 18 heavy (non-hydrogen) atoms. The van der Waals surface area contributed by atoms with E-state index in [1.165, 1.54) is 6.07 Å². The van der Waals surface area contributed by atoms with Crippen LogP contribution >= 0.6 is 0 Å². The third kappa shape index (κ3) is 3.84. The number of benzene rings is 1. The summed E-state index contributed by atoms with van der Waals surface area (Å²) in [6, 6.07) is 1.92. The number of nitrogens with one attached hydrogen (secondary N) is 1. The van der Waals surface area contributed by atoms with E-state index in [0.29, 0.717) is 13.2 Å². The number of rotatable bonds is 6. The number of hydrogen-bond donors (Lipinski definition) is 2. The van der Waals surface area contributed by atoms with Gasteiger partial charge in [-0.2, -0.15) is 0 Å². The summed E-state index contributed by atoms with van der Waals surface area (Å²) >= 11 is 0. The normalized spacial score (nSPS) is 12.8. The molecule has 0 saturated heterocycles. The number of anilines is 2. The topological polar surface area (TPSA) is 47.3 Å². The first-order valence-electron chi connectivity index (χ1n) is 6.04. The van der Waals surface area contributed by atoms with E-state index in [2.05, 4.69) is 5.32 Å². The van der Waals surface area contributed by atoms with Crippen molar-refractivity contribution in [3.8, 4) is 0 Å². The third-order valence-corrected chi connectivity index (χ3v) is 2.74. The average molecular weight is 258 g/mol. The van der Waals surface area contributed by atoms with Crippen LogP contribution in [0, 0.1) is 17.6 Å². The van der Waals surface area contributed by atoms with Crippen molar-refractivity contribution in [3.63, 3.8) is 0 Å². The van der Waals surface area contributed by atoms with E-state index in [1.54, 1.807) is 0 Å². The molecule has 0 heterocycles. The molecule has 0 bridgehead atoms. The first-order chi connectivity index (χ1) is 8.45. The van der Waals surface area contributed by atoms with Gasteiger partial charge in [-0.1, -0.05) is 13.8 Å². The molecular formula is C13H20F2N2O. The molecule has 0 aliphatic carbocycles. The van der Waals surface area contributed by atoms with E-state index in [0.717, 1.165) is 6.07 Å². The molecule has 0 aliphatic rings. The molecule has 0 fully saturated rings. The van der Waals surface area contributed by atoms with Crippen LogP contribution in [0.25, 0.3) is 0 Å². The van der Waals surface area contributed by atoms with Crippen LogP contribution in [0.3, 0.4) is 0 Å². The lowest BCUT2D eigenvalue weighted by molar-refractivity contribution is 0.127. The van der Waals surface area contributed by atoms with Gasteiger partial charge in [0.15, 0.2) is 5.82 Å². The van der Waals surface area contributed by atoms with Gasteiger partial charge in [-0.25, -0.2) is 8.78 Å². The maximum absolute atomic E-state index is 13.3. The van der Waals surface area contributed by atoms with Crippen LogP contribution in [0.4, 0.5) is 20.2 Å². The van der Waals surface area contributed by atoms with Gasteiger partial charge in [0.25, 0.3) is 0 Å². The summed E-state index contributed by atoms with van der Waals surface area (Å²) in [6.45, 7) is 6.96. The van der Waals surface area contributed by atoms with Crippen LogP contribution in [0.15, 0.2) is 12.1 Å². The lowest BCUT2D eigenvalue weighted by Crippen LogP contribution is -2.31. The van der Waals surface area contributed by atoms with Gasteiger partial charge in [0.1, 0.15) is 5.82 Å². The molecule has 1 atom stereocenters. The van der Waals surface area contributed by atoms with Gasteiger partial charge in [0.05, 0.1) is 24.0 Å². The van der Waals surface area contributed by atoms with Crippen molar-refractivity contribution in [1.82, 2.24) is 0 Å². The van der Waals surface area contributed by atoms with Gasteiger partial charge in [0, 0.05) is 12.7 Å². The fraction of sp³-hybridized carbons (Fsp3) is 0.538. The second kappa shape index (κ2) is 6.54. The number of hydrogen-bond acceptors (Lipinski definition) is 3. The smallest absolute Gasteiger partial charge is 0.151 e. The first kappa shape index (κ1) is 14.7. The van der Waals surface area contributed by atoms with Crippen molar-refractivity contribution >= 4 is 11.4 Å². The molecule has 0 aliphatic heterocycles. The molecular weight excluding hydrogens is 238 g/mol. The molecule has 0 amide bonds. The Morgan fingerprint density at radius 1 is 1.33 bits per heavy atom. The minimum atomic E-state index is -0.753. The Labute approximate surface area is 106 Å². The number of halogens is 2. The van der Waals surface area contributed by atoms with Crippen LogP contribution in [0.2, 0.25) is 0 Å². The summed E-state index contributed by atoms with van der Waals surface area (Å²) in [6.07, 6.45) is 0. The molecule has 0 saturated carbocycles. The Hall–Kier alpha value is -1.36. The highest BCUT2D eigenvalue weighted by Gasteiger charge is 2.16. The first-order valence-corrected chi connectivity index (χ1v) is 6.04. The molecule has 1 rings (SSSR count). The SMILES string of the molecule is CCOCC(Nc1cc(F)cc(F)c1N)C(C)C. The maximum atomic E-state index is 13.3. The highest BCUT2D eigenvalue weighted by Crippen LogP contribution is 2.25. The number of nitrogens with two attached hydrogens (primary N) is 1. The van der Waals surface area contributed by atoms with Crippen molar-refractivity contribution in [2.75, 3.05) is 24.3 Å². The zero-order chi connectivity index (χ0) is 13.7. The number of nitrogen functional groups attached to an aromatic ring is 1. The Morgan fingerprint density at radius 2 is 2.00 bits per heavy atom. The summed E-state index contributed by atoms with van der Waals surface area (Å²) in [5, 5.41) is 3.03. The van der Waals surface area contributed by atoms with Crippen molar-refractivity contribution in [3.05, 3.63) is 23.8 Å². The van der Waals surface area contributed by atoms with Gasteiger partial charge in [-0.3, -0.25) is 0 Å². The minimum Gasteiger partial charge on any atom is -0.395 e. The second-order valence-corrected chi connectivity index (χ2v) is 4.50. The molecule has 5 heteroatoms. The van der Waals surface area contributed by atoms with Gasteiger partial charge in [0.2, 0.25) is 0 Å². The van der Waals surface area contributed by atoms with Crippen LogP contribution in [-0.4, -0.2) is 19.3 Å². The molecule has 1 aromatic rings. The highest BCUT2D eigenvalue weighted by molar-refractivity contribution is 5.67. The fourth-order valence-corrected chi connectivity index (χ4v) is 1.55. The molecule has 1 aromatic carbocycles. The van der Waals surface area contributed by atoms with Crippen molar-refractivity contribution in [2.24, 2.45) is 5.92 Å². The maximum Gasteiger partial charge on any atom is 0.151 e. The number of ether oxygens (including phenoxy) is 1. The van der Waals surface area contributed by atoms with Crippen molar-refractivity contribution < 1.29 is 13.5 Å². The lowest BCUT2D eigenvalue weighted by Gasteiger charge is -2.24. The Morgan fingerprint density at radius 3 is 2.56 bits per heavy atom. The predicted octanol–water partition coefficient (Wildman–Crippen LogP) is 3.02. The van der Waals surface area contributed by atoms with Crippen molar-refractivity contribution in [1.29, 1.82) is 0 Å². The van der Waals surface area contributed by atoms with E-state index < -0.39 is 11.6 Å². The summed E-state index contributed by atoms with van der Waals surface area (Å²) < 4.78 is 31.8. The van der Waals surface area contributed by atoms with Crippen LogP contribution < -0.4 is 11.1 Å². The van der Waals surface area contributed by atoms with E-state index >= 15 is 0 Å². The summed E-state index contributed by atoms with van der Waals surface area (Å²) in [7, 11) is 0. The third-order valence-electron chi connectivity index (χ3n) is 2.74. The monoisotopic (exact) mass is 258 g/mol. The minimum absolute atomic E-state index is 0.0477. The zero-order valence-corrected chi connectivity index (χ0v) is 11.0. The van der Waals surface area contributed by atoms with Gasteiger partial charge in [-0.15, -0.1) is 0 Å². The van der Waals surface area contributed by atoms with Gasteiger partial charge in [-0.05, 0) is 18.9 Å². The van der Waals surface area contributed by atoms with Crippen LogP contribution in [-0.2, 0) is 4.74 Å². The van der Waals surface area contributed by atoms with E-state index in [9.17, 15) is 8.78 Å². The lowest BCUT2D eigenvalue weighted by atomic mass is 10.0. The Bertz CT molecular complexity index is 397. The summed E-state index contributed by atoms with van der Waals surface area (Å²) in [4.78, 5) is 0. The van der Waals surface area contributed by atoms with Crippen LogP contribution in [0.5, 0.6) is 0 Å². The van der Waals surface area contributed by atoms with Crippen molar-refractivity contribution in [2.45, 2.75) is 26.8 Å². The molecule has 0 radical (unpaired) electrons. The summed E-state index contributed by atoms with van der Waals surface area (Å²) in [5.74, 6) is -1.15. The quantitative estimate of drug-likeness (QED) is 0.771. The second-order valence-electron chi connectivity index (χ2n) is 4.50. The zero-order valence-electron chi connectivity index (χ0n) is 11.0. The van der Waals surface area contributed by atoms with E-state index in [4.69, 9.17) is 10.5 Å². The Balaban J connectivity index is 2.86. The molecule has 3 N–H and O–H groups in total. The molecule has 1 unspecified atom stereocenters. The highest BCUT2D eigenvalue weighted by atomic mass is 19.1. The van der Waals surface area contributed by atoms with Crippen LogP contribution in [0.1, 0.15) is 20.8 Å². The molecule has 0 aromatic heterocycles. The molecule has 3 nitrogen and oxygen atoms in total. The standard InChI is InChI=1S/C13H20F2N2O/c1-4-18-7-12(8(2)3)17-11-6-9(14)5-10(15)13(11)16/h5-6,8,12,17H,4,7,16H2,1-3H3. The molecule has 0 spiro atoms. The summed E-state index contributed by atoms with van der Waals surface area (Å²) in [5.41, 5.74) is 5.78. The average Bonchev–Trinajstić information content (AvgIpc) is 2.29. The van der Waals surface area contributed by atoms with Gasteiger partial charge < -0.3 is 15.8 Å². The van der Waals surface area contributed by atoms with E-state index in [-0.39, 0.29) is 23.3 Å².